The molecule has 2 saturated heterocycles. The molecule has 7 amide bonds. The normalized spacial score (nSPS) is 17.2. The first-order chi connectivity index (χ1) is 29.2. The van der Waals surface area contributed by atoms with Crippen LogP contribution in [0.2, 0.25) is 0 Å². The van der Waals surface area contributed by atoms with Gasteiger partial charge in [-0.15, -0.1) is 0 Å². The summed E-state index contributed by atoms with van der Waals surface area (Å²) >= 11 is 0. The summed E-state index contributed by atoms with van der Waals surface area (Å²) in [6.45, 7) is 6.99. The fraction of sp³-hybridized carbons (Fsp3) is 0.487. The zero-order chi connectivity index (χ0) is 44.9. The monoisotopic (exact) mass is 853 g/mol. The third-order valence-electron chi connectivity index (χ3n) is 8.96. The number of nitrogens with zero attached hydrogens (tertiary/aromatic N) is 5. The predicted molar refractivity (Wildman–Crippen MR) is 220 cm³/mol. The highest BCUT2D eigenvalue weighted by molar-refractivity contribution is 6.13. The molecule has 22 nitrogen and oxygen atoms in total. The molecular weight excluding hydrogens is 798 g/mol. The van der Waals surface area contributed by atoms with Gasteiger partial charge in [-0.2, -0.15) is 0 Å². The number of likely N-dealkylation sites (tertiary alicyclic amines) is 1. The maximum atomic E-state index is 12.6. The van der Waals surface area contributed by atoms with E-state index in [1.807, 2.05) is 0 Å². The number of rotatable bonds is 12. The van der Waals surface area contributed by atoms with Gasteiger partial charge in [0.25, 0.3) is 11.8 Å². The topological polar surface area (TPSA) is 313 Å². The summed E-state index contributed by atoms with van der Waals surface area (Å²) in [5, 5.41) is 26.6. The Morgan fingerprint density at radius 3 is 2.26 bits per heavy atom. The SMILES string of the molecule is CC(=O)NC1COCC(O)C1.CC(C)C(NC(=O)CCN1C(=O)C=CC1=O)C(=O)NCC(=O)Nc1ccc(COC(=O)N2CCCC2)cc1.CO.Nc1ncnc2nc[nH]c12. The highest BCUT2D eigenvalue weighted by atomic mass is 16.6. The summed E-state index contributed by atoms with van der Waals surface area (Å²) in [5.74, 6) is -2.37. The van der Waals surface area contributed by atoms with Crippen molar-refractivity contribution in [3.63, 3.8) is 0 Å². The number of imide groups is 1. The number of aliphatic hydroxyl groups excluding tert-OH is 2. The first-order valence-electron chi connectivity index (χ1n) is 19.5. The molecule has 3 aliphatic rings. The number of hydrogen-bond donors (Lipinski definition) is 8. The number of carbonyl (C=O) groups is 7. The van der Waals surface area contributed by atoms with Crippen LogP contribution in [0.15, 0.2) is 49.1 Å². The van der Waals surface area contributed by atoms with E-state index in [4.69, 9.17) is 25.4 Å². The Labute approximate surface area is 352 Å². The summed E-state index contributed by atoms with van der Waals surface area (Å²) in [6, 6.07) is 5.88. The molecule has 2 aromatic heterocycles. The third-order valence-corrected chi connectivity index (χ3v) is 8.96. The first-order valence-corrected chi connectivity index (χ1v) is 19.5. The number of fused-ring (bicyclic) bond motifs is 1. The van der Waals surface area contributed by atoms with Crippen molar-refractivity contribution >= 4 is 64.2 Å². The van der Waals surface area contributed by atoms with E-state index in [0.29, 0.717) is 55.4 Å². The lowest BCUT2D eigenvalue weighted by Gasteiger charge is -2.26. The van der Waals surface area contributed by atoms with Crippen molar-refractivity contribution < 1.29 is 53.2 Å². The lowest BCUT2D eigenvalue weighted by molar-refractivity contribution is -0.137. The van der Waals surface area contributed by atoms with E-state index < -0.39 is 41.7 Å². The Morgan fingerprint density at radius 2 is 1.66 bits per heavy atom. The molecular formula is C39H55N11O11. The molecule has 0 saturated carbocycles. The molecule has 9 N–H and O–H groups in total. The van der Waals surface area contributed by atoms with Crippen molar-refractivity contribution in [1.29, 1.82) is 0 Å². The maximum Gasteiger partial charge on any atom is 0.410 e. The maximum absolute atomic E-state index is 12.6. The molecule has 5 heterocycles. The number of aromatic amines is 1. The molecule has 22 heteroatoms. The number of imidazole rings is 1. The molecule has 61 heavy (non-hydrogen) atoms. The van der Waals surface area contributed by atoms with E-state index in [-0.39, 0.29) is 50.1 Å². The van der Waals surface area contributed by atoms with Gasteiger partial charge in [0.15, 0.2) is 11.5 Å². The number of nitrogens with one attached hydrogen (secondary N) is 5. The number of nitrogen functional groups attached to an aromatic ring is 1. The van der Waals surface area contributed by atoms with Gasteiger partial charge in [-0.1, -0.05) is 26.0 Å². The Morgan fingerprint density at radius 1 is 0.984 bits per heavy atom. The van der Waals surface area contributed by atoms with Gasteiger partial charge in [0.1, 0.15) is 24.5 Å². The average Bonchev–Trinajstić information content (AvgIpc) is 4.02. The van der Waals surface area contributed by atoms with Gasteiger partial charge in [0.2, 0.25) is 23.6 Å². The molecule has 0 spiro atoms. The van der Waals surface area contributed by atoms with Gasteiger partial charge in [-0.05, 0) is 42.9 Å². The summed E-state index contributed by atoms with van der Waals surface area (Å²) in [7, 11) is 1.00. The molecule has 332 valence electrons. The van der Waals surface area contributed by atoms with Crippen LogP contribution in [0.4, 0.5) is 16.3 Å². The van der Waals surface area contributed by atoms with Crippen LogP contribution in [0.25, 0.3) is 11.2 Å². The molecule has 3 atom stereocenters. The highest BCUT2D eigenvalue weighted by Gasteiger charge is 2.27. The van der Waals surface area contributed by atoms with E-state index in [1.54, 1.807) is 43.0 Å². The second-order valence-electron chi connectivity index (χ2n) is 14.1. The van der Waals surface area contributed by atoms with Crippen molar-refractivity contribution in [1.82, 2.24) is 45.7 Å². The molecule has 3 aliphatic heterocycles. The fourth-order valence-corrected chi connectivity index (χ4v) is 5.93. The molecule has 1 aromatic carbocycles. The number of carbonyl (C=O) groups excluding carboxylic acids is 7. The van der Waals surface area contributed by atoms with E-state index in [9.17, 15) is 33.6 Å². The molecule has 6 rings (SSSR count). The second kappa shape index (κ2) is 25.2. The van der Waals surface area contributed by atoms with E-state index >= 15 is 0 Å². The van der Waals surface area contributed by atoms with Gasteiger partial charge < -0.3 is 56.6 Å². The summed E-state index contributed by atoms with van der Waals surface area (Å²) in [6.07, 6.45) is 6.85. The largest absolute Gasteiger partial charge is 0.445 e. The Balaban J connectivity index is 0.000000345. The van der Waals surface area contributed by atoms with Crippen molar-refractivity contribution in [3.8, 4) is 0 Å². The fourth-order valence-electron chi connectivity index (χ4n) is 5.93. The number of aromatic nitrogens is 4. The van der Waals surface area contributed by atoms with Crippen LogP contribution in [0.5, 0.6) is 0 Å². The van der Waals surface area contributed by atoms with Crippen LogP contribution in [-0.4, -0.2) is 146 Å². The highest BCUT2D eigenvalue weighted by Crippen LogP contribution is 2.14. The second-order valence-corrected chi connectivity index (χ2v) is 14.1. The molecule has 3 unspecified atom stereocenters. The first kappa shape index (κ1) is 48.8. The summed E-state index contributed by atoms with van der Waals surface area (Å²) in [4.78, 5) is 100. The van der Waals surface area contributed by atoms with Crippen LogP contribution in [0.1, 0.15) is 52.0 Å². The van der Waals surface area contributed by atoms with Crippen LogP contribution >= 0.6 is 0 Å². The van der Waals surface area contributed by atoms with Crippen molar-refractivity contribution in [2.75, 3.05) is 57.6 Å². The van der Waals surface area contributed by atoms with Crippen molar-refractivity contribution in [2.45, 2.75) is 71.2 Å². The average molecular weight is 854 g/mol. The van der Waals surface area contributed by atoms with Gasteiger partial charge in [-0.25, -0.2) is 19.7 Å². The molecule has 0 bridgehead atoms. The van der Waals surface area contributed by atoms with E-state index in [2.05, 4.69) is 41.2 Å². The van der Waals surface area contributed by atoms with Gasteiger partial charge in [0.05, 0.1) is 38.2 Å². The predicted octanol–water partition coefficient (Wildman–Crippen LogP) is -0.254. The number of aliphatic hydroxyl groups is 2. The van der Waals surface area contributed by atoms with Crippen molar-refractivity contribution in [3.05, 3.63) is 54.6 Å². The minimum atomic E-state index is -0.902. The standard InChI is InChI=1S/C26H33N5O7.C7H13NO3.C5H5N5.CH4O/c1-17(2)24(29-20(32)11-14-31-22(34)9-10-23(31)35)25(36)27-15-21(33)28-19-7-5-18(6-8-19)16-38-26(37)30-12-3-4-13-30;1-5(9)8-6-2-7(10)4-11-3-6;6-4-3-5(9-1-7-3)10-2-8-4;1-2/h5-10,17,24H,3-4,11-16H2,1-2H3,(H,27,36)(H,28,33)(H,29,32);6-7,10H,2-4H2,1H3,(H,8,9);1-2H,(H3,6,7,8,9,10);2H,1H3. The van der Waals surface area contributed by atoms with Crippen molar-refractivity contribution in [2.24, 2.45) is 5.92 Å². The lowest BCUT2D eigenvalue weighted by Crippen LogP contribution is -2.51. The number of anilines is 2. The van der Waals surface area contributed by atoms with E-state index in [1.165, 1.54) is 19.6 Å². The quantitative estimate of drug-likeness (QED) is 0.109. The zero-order valence-corrected chi connectivity index (χ0v) is 34.6. The number of amides is 7. The molecule has 0 aliphatic carbocycles. The number of benzene rings is 1. The summed E-state index contributed by atoms with van der Waals surface area (Å²) in [5.41, 5.74) is 8.06. The summed E-state index contributed by atoms with van der Waals surface area (Å²) < 4.78 is 10.3. The van der Waals surface area contributed by atoms with E-state index in [0.717, 1.165) is 42.6 Å². The Kier molecular flexibility index (Phi) is 20.2. The van der Waals surface area contributed by atoms with Crippen LogP contribution in [0.3, 0.4) is 0 Å². The van der Waals surface area contributed by atoms with Gasteiger partial charge >= 0.3 is 6.09 Å². The number of H-pyrrole nitrogens is 1. The minimum Gasteiger partial charge on any atom is -0.445 e. The Hall–Kier alpha value is -6.52. The van der Waals surface area contributed by atoms with Crippen LogP contribution < -0.4 is 27.0 Å². The molecule has 3 aromatic rings. The molecule has 2 fully saturated rings. The number of hydrogen-bond acceptors (Lipinski definition) is 15. The van der Waals surface area contributed by atoms with Crippen LogP contribution in [-0.2, 0) is 44.8 Å². The smallest absolute Gasteiger partial charge is 0.410 e. The number of ether oxygens (including phenoxy) is 2. The molecule has 0 radical (unpaired) electrons. The van der Waals surface area contributed by atoms with Gasteiger partial charge in [0, 0.05) is 57.9 Å². The minimum absolute atomic E-state index is 0.0174. The zero-order valence-electron chi connectivity index (χ0n) is 34.6. The Bertz CT molecular complexity index is 1950. The third kappa shape index (κ3) is 16.6. The van der Waals surface area contributed by atoms with Gasteiger partial charge in [-0.3, -0.25) is 33.7 Å². The van der Waals surface area contributed by atoms with Crippen LogP contribution in [0, 0.1) is 5.92 Å². The lowest BCUT2D eigenvalue weighted by atomic mass is 10.0. The number of nitrogens with two attached hydrogens (primary N) is 1.